The van der Waals surface area contributed by atoms with Crippen molar-refractivity contribution in [3.8, 4) is 17.1 Å². The number of morpholine rings is 1. The Kier molecular flexibility index (Phi) is 6.34. The predicted octanol–water partition coefficient (Wildman–Crippen LogP) is 3.80. The molecule has 0 saturated carbocycles. The van der Waals surface area contributed by atoms with Gasteiger partial charge >= 0.3 is 0 Å². The summed E-state index contributed by atoms with van der Waals surface area (Å²) in [6, 6.07) is 9.72. The van der Waals surface area contributed by atoms with Crippen LogP contribution in [0.15, 0.2) is 36.4 Å². The molecule has 34 heavy (non-hydrogen) atoms. The monoisotopic (exact) mass is 470 g/mol. The maximum atomic E-state index is 13.6. The van der Waals surface area contributed by atoms with Gasteiger partial charge in [0.05, 0.1) is 19.3 Å². The van der Waals surface area contributed by atoms with E-state index in [9.17, 15) is 8.78 Å². The molecule has 8 nitrogen and oxygen atoms in total. The average molecular weight is 471 g/mol. The molecule has 2 aliphatic rings. The first-order chi connectivity index (χ1) is 16.4. The summed E-state index contributed by atoms with van der Waals surface area (Å²) in [7, 11) is 0. The van der Waals surface area contributed by atoms with E-state index in [-0.39, 0.29) is 17.5 Å². The largest absolute Gasteiger partial charge is 0.491 e. The minimum Gasteiger partial charge on any atom is -0.491 e. The molecular formula is C24H28F2N6O2. The first kappa shape index (κ1) is 22.5. The highest BCUT2D eigenvalue weighted by Crippen LogP contribution is 2.33. The maximum absolute atomic E-state index is 13.6. The van der Waals surface area contributed by atoms with E-state index < -0.39 is 11.6 Å². The van der Waals surface area contributed by atoms with Crippen LogP contribution in [-0.2, 0) is 4.74 Å². The first-order valence-corrected chi connectivity index (χ1v) is 11.5. The molecule has 1 aromatic heterocycles. The van der Waals surface area contributed by atoms with E-state index in [1.54, 1.807) is 0 Å². The van der Waals surface area contributed by atoms with Crippen LogP contribution in [-0.4, -0.2) is 71.6 Å². The van der Waals surface area contributed by atoms with Crippen LogP contribution < -0.4 is 15.0 Å². The number of hydrogen-bond donors (Lipinski definition) is 2. The number of hydrogen-bond acceptors (Lipinski definition) is 7. The highest BCUT2D eigenvalue weighted by molar-refractivity contribution is 5.67. The zero-order valence-electron chi connectivity index (χ0n) is 19.2. The molecule has 2 fully saturated rings. The zero-order valence-corrected chi connectivity index (χ0v) is 19.2. The summed E-state index contributed by atoms with van der Waals surface area (Å²) in [5.41, 5.74) is 2.09. The van der Waals surface area contributed by atoms with E-state index in [2.05, 4.69) is 30.3 Å². The Hall–Kier alpha value is -3.24. The molecule has 0 radical (unpaired) electrons. The topological polar surface area (TPSA) is 78.5 Å². The third kappa shape index (κ3) is 5.13. The second-order valence-electron chi connectivity index (χ2n) is 8.88. The summed E-state index contributed by atoms with van der Waals surface area (Å²) in [6.07, 6.45) is 0.0265. The number of nitrogens with zero attached hydrogens (tertiary/aromatic N) is 4. The molecule has 2 aromatic carbocycles. The first-order valence-electron chi connectivity index (χ1n) is 11.5. The number of halogens is 2. The molecule has 3 aromatic rings. The number of ether oxygens (including phenoxy) is 2. The standard InChI is InChI=1S/C24H28F2N6O2/c1-15(2)34-22-11-19(10-20(12-22)32-13-21(14-32)31-3-5-33-6-4-31)27-24-28-23(29-30-24)16-7-17(25)9-18(26)8-16/h7-12,15,21H,3-6,13-14H2,1-2H3,(H2,27,28,29,30). The number of anilines is 3. The van der Waals surface area contributed by atoms with E-state index in [0.717, 1.165) is 62.6 Å². The van der Waals surface area contributed by atoms with Gasteiger partial charge in [0, 0.05) is 67.4 Å². The van der Waals surface area contributed by atoms with Crippen LogP contribution in [0.1, 0.15) is 13.8 Å². The van der Waals surface area contributed by atoms with Gasteiger partial charge in [-0.05, 0) is 32.0 Å². The molecule has 5 rings (SSSR count). The van der Waals surface area contributed by atoms with Crippen molar-refractivity contribution in [3.05, 3.63) is 48.0 Å². The summed E-state index contributed by atoms with van der Waals surface area (Å²) in [6.45, 7) is 9.40. The Morgan fingerprint density at radius 1 is 1.06 bits per heavy atom. The fourth-order valence-electron chi connectivity index (χ4n) is 4.28. The van der Waals surface area contributed by atoms with Gasteiger partial charge in [-0.2, -0.15) is 4.98 Å². The third-order valence-electron chi connectivity index (χ3n) is 5.93. The molecule has 0 spiro atoms. The summed E-state index contributed by atoms with van der Waals surface area (Å²) < 4.78 is 38.6. The van der Waals surface area contributed by atoms with E-state index >= 15 is 0 Å². The highest BCUT2D eigenvalue weighted by atomic mass is 19.1. The van der Waals surface area contributed by atoms with Crippen LogP contribution in [0.4, 0.5) is 26.1 Å². The van der Waals surface area contributed by atoms with Crippen molar-refractivity contribution in [2.24, 2.45) is 0 Å². The Labute approximate surface area is 196 Å². The lowest BCUT2D eigenvalue weighted by Gasteiger charge is -2.47. The van der Waals surface area contributed by atoms with Crippen molar-refractivity contribution in [3.63, 3.8) is 0 Å². The molecule has 2 saturated heterocycles. The van der Waals surface area contributed by atoms with Gasteiger partial charge in [-0.3, -0.25) is 10.00 Å². The fourth-order valence-corrected chi connectivity index (χ4v) is 4.28. The van der Waals surface area contributed by atoms with Gasteiger partial charge in [0.1, 0.15) is 17.4 Å². The van der Waals surface area contributed by atoms with Gasteiger partial charge in [0.25, 0.3) is 0 Å². The molecule has 0 aliphatic carbocycles. The van der Waals surface area contributed by atoms with Crippen molar-refractivity contribution in [1.29, 1.82) is 0 Å². The molecule has 10 heteroatoms. The summed E-state index contributed by atoms with van der Waals surface area (Å²) in [5.74, 6) is -0.0373. The number of rotatable bonds is 7. The fraction of sp³-hybridized carbons (Fsp3) is 0.417. The van der Waals surface area contributed by atoms with Gasteiger partial charge < -0.3 is 19.7 Å². The van der Waals surface area contributed by atoms with Crippen LogP contribution in [0.25, 0.3) is 11.4 Å². The van der Waals surface area contributed by atoms with Gasteiger partial charge in [-0.1, -0.05) is 0 Å². The molecule has 0 bridgehead atoms. The summed E-state index contributed by atoms with van der Waals surface area (Å²) >= 11 is 0. The molecule has 3 heterocycles. The van der Waals surface area contributed by atoms with Gasteiger partial charge in [0.2, 0.25) is 5.95 Å². The van der Waals surface area contributed by atoms with Crippen molar-refractivity contribution in [1.82, 2.24) is 20.1 Å². The van der Waals surface area contributed by atoms with Crippen molar-refractivity contribution < 1.29 is 18.3 Å². The Morgan fingerprint density at radius 3 is 2.50 bits per heavy atom. The molecule has 0 atom stereocenters. The molecule has 2 aliphatic heterocycles. The number of H-pyrrole nitrogens is 1. The van der Waals surface area contributed by atoms with Crippen molar-refractivity contribution in [2.75, 3.05) is 49.6 Å². The van der Waals surface area contributed by atoms with Crippen LogP contribution in [0.2, 0.25) is 0 Å². The van der Waals surface area contributed by atoms with Crippen LogP contribution in [0.5, 0.6) is 5.75 Å². The van der Waals surface area contributed by atoms with Gasteiger partial charge in [-0.15, -0.1) is 5.10 Å². The molecule has 0 unspecified atom stereocenters. The molecule has 180 valence electrons. The Balaban J connectivity index is 1.33. The molecule has 0 amide bonds. The van der Waals surface area contributed by atoms with Crippen molar-refractivity contribution >= 4 is 17.3 Å². The second kappa shape index (κ2) is 9.55. The SMILES string of the molecule is CC(C)Oc1cc(Nc2n[nH]c(-c3cc(F)cc(F)c3)n2)cc(N2CC(N3CCOCC3)C2)c1. The molecular weight excluding hydrogens is 442 g/mol. The zero-order chi connectivity index (χ0) is 23.7. The average Bonchev–Trinajstić information content (AvgIpc) is 3.21. The quantitative estimate of drug-likeness (QED) is 0.544. The van der Waals surface area contributed by atoms with Crippen molar-refractivity contribution in [2.45, 2.75) is 26.0 Å². The lowest BCUT2D eigenvalue weighted by atomic mass is 10.0. The van der Waals surface area contributed by atoms with E-state index in [0.29, 0.717) is 12.0 Å². The second-order valence-corrected chi connectivity index (χ2v) is 8.88. The van der Waals surface area contributed by atoms with Gasteiger partial charge in [0.15, 0.2) is 5.82 Å². The van der Waals surface area contributed by atoms with E-state index in [1.807, 2.05) is 32.0 Å². The lowest BCUT2D eigenvalue weighted by Crippen LogP contribution is -2.61. The maximum Gasteiger partial charge on any atom is 0.246 e. The smallest absolute Gasteiger partial charge is 0.246 e. The van der Waals surface area contributed by atoms with Crippen LogP contribution in [0.3, 0.4) is 0 Å². The number of nitrogens with one attached hydrogen (secondary N) is 2. The van der Waals surface area contributed by atoms with Gasteiger partial charge in [-0.25, -0.2) is 8.78 Å². The lowest BCUT2D eigenvalue weighted by molar-refractivity contribution is 0.0105. The highest BCUT2D eigenvalue weighted by Gasteiger charge is 2.33. The minimum atomic E-state index is -0.672. The van der Waals surface area contributed by atoms with E-state index in [4.69, 9.17) is 9.47 Å². The van der Waals surface area contributed by atoms with Crippen LogP contribution in [0, 0.1) is 11.6 Å². The Morgan fingerprint density at radius 2 is 1.79 bits per heavy atom. The van der Waals surface area contributed by atoms with E-state index in [1.165, 1.54) is 12.1 Å². The number of aromatic nitrogens is 3. The Bertz CT molecular complexity index is 1120. The third-order valence-corrected chi connectivity index (χ3v) is 5.93. The summed E-state index contributed by atoms with van der Waals surface area (Å²) in [4.78, 5) is 9.15. The predicted molar refractivity (Wildman–Crippen MR) is 126 cm³/mol. The molecule has 2 N–H and O–H groups in total. The normalized spacial score (nSPS) is 17.1. The minimum absolute atomic E-state index is 0.0265. The number of aromatic amines is 1. The number of benzene rings is 2. The van der Waals surface area contributed by atoms with Crippen LogP contribution >= 0.6 is 0 Å². The summed E-state index contributed by atoms with van der Waals surface area (Å²) in [5, 5.41) is 10.1.